The Labute approximate surface area is 128 Å². The van der Waals surface area contributed by atoms with E-state index in [2.05, 4.69) is 50.0 Å². The summed E-state index contributed by atoms with van der Waals surface area (Å²) in [6.45, 7) is 0. The summed E-state index contributed by atoms with van der Waals surface area (Å²) in [7, 11) is 0. The number of hydrogen-bond acceptors (Lipinski definition) is 2. The summed E-state index contributed by atoms with van der Waals surface area (Å²) in [6, 6.07) is 4.06. The van der Waals surface area contributed by atoms with Crippen molar-refractivity contribution in [3.05, 3.63) is 40.2 Å². The third-order valence-electron chi connectivity index (χ3n) is 1.84. The first-order valence-electron chi connectivity index (χ1n) is 3.90. The molecule has 0 amide bonds. The Kier molecular flexibility index (Phi) is 4.41. The molecule has 0 radical (unpaired) electrons. The highest BCUT2D eigenvalue weighted by molar-refractivity contribution is 14.1. The second-order valence-electron chi connectivity index (χ2n) is 2.83. The lowest BCUT2D eigenvalue weighted by molar-refractivity contribution is 1.21. The number of thiophene rings is 2. The van der Waals surface area contributed by atoms with Gasteiger partial charge in [-0.1, -0.05) is 39.1 Å². The van der Waals surface area contributed by atoms with Crippen LogP contribution in [0.3, 0.4) is 0 Å². The zero-order valence-electron chi connectivity index (χ0n) is 7.14. The maximum absolute atomic E-state index is 6.10. The van der Waals surface area contributed by atoms with E-state index in [1.54, 1.807) is 11.3 Å². The molecule has 0 nitrogen and oxygen atoms in total. The molecule has 0 spiro atoms. The molecular formula is C9H4BrCl2IS2. The van der Waals surface area contributed by atoms with Crippen molar-refractivity contribution in [2.24, 2.45) is 0 Å². The Hall–Kier alpha value is 1.19. The molecule has 15 heavy (non-hydrogen) atoms. The van der Waals surface area contributed by atoms with Crippen molar-refractivity contribution in [1.29, 1.82) is 0 Å². The summed E-state index contributed by atoms with van der Waals surface area (Å²) in [5.74, 6) is 0. The molecule has 6 heteroatoms. The SMILES string of the molecule is Clc1cc(C(Br)c2csc(I)c2)c(Cl)s1. The van der Waals surface area contributed by atoms with Gasteiger partial charge in [-0.15, -0.1) is 22.7 Å². The molecule has 0 aliphatic rings. The van der Waals surface area contributed by atoms with E-state index in [0.29, 0.717) is 0 Å². The van der Waals surface area contributed by atoms with Crippen LogP contribution in [0.25, 0.3) is 0 Å². The van der Waals surface area contributed by atoms with Crippen LogP contribution in [-0.4, -0.2) is 0 Å². The highest BCUT2D eigenvalue weighted by Gasteiger charge is 2.17. The van der Waals surface area contributed by atoms with Crippen LogP contribution in [0.4, 0.5) is 0 Å². The molecule has 0 aromatic carbocycles. The molecule has 0 fully saturated rings. The molecule has 2 aromatic heterocycles. The lowest BCUT2D eigenvalue weighted by atomic mass is 10.1. The fourth-order valence-corrected chi connectivity index (χ4v) is 5.18. The molecular weight excluding hydrogens is 450 g/mol. The van der Waals surface area contributed by atoms with Gasteiger partial charge in [0.15, 0.2) is 0 Å². The Morgan fingerprint density at radius 2 is 2.07 bits per heavy atom. The molecule has 2 heterocycles. The monoisotopic (exact) mass is 452 g/mol. The molecule has 0 saturated carbocycles. The van der Waals surface area contributed by atoms with E-state index >= 15 is 0 Å². The molecule has 0 N–H and O–H groups in total. The molecule has 1 unspecified atom stereocenters. The van der Waals surface area contributed by atoms with E-state index in [-0.39, 0.29) is 4.83 Å². The third-order valence-corrected chi connectivity index (χ3v) is 6.18. The van der Waals surface area contributed by atoms with Gasteiger partial charge in [-0.2, -0.15) is 0 Å². The number of halogens is 4. The lowest BCUT2D eigenvalue weighted by Gasteiger charge is -2.05. The van der Waals surface area contributed by atoms with Crippen LogP contribution >= 0.6 is 84.4 Å². The number of hydrogen-bond donors (Lipinski definition) is 0. The van der Waals surface area contributed by atoms with Crippen LogP contribution in [0.1, 0.15) is 16.0 Å². The van der Waals surface area contributed by atoms with Gasteiger partial charge in [0.05, 0.1) is 16.4 Å². The van der Waals surface area contributed by atoms with Crippen molar-refractivity contribution >= 4 is 84.4 Å². The Bertz CT molecular complexity index is 480. The topological polar surface area (TPSA) is 0 Å². The molecule has 0 aliphatic heterocycles. The van der Waals surface area contributed by atoms with Crippen molar-refractivity contribution in [2.45, 2.75) is 4.83 Å². The van der Waals surface area contributed by atoms with Gasteiger partial charge in [0, 0.05) is 5.56 Å². The summed E-state index contributed by atoms with van der Waals surface area (Å²) in [6.07, 6.45) is 0. The van der Waals surface area contributed by atoms with Gasteiger partial charge in [0.2, 0.25) is 0 Å². The van der Waals surface area contributed by atoms with Crippen LogP contribution in [0.2, 0.25) is 8.67 Å². The fourth-order valence-electron chi connectivity index (χ4n) is 1.16. The summed E-state index contributed by atoms with van der Waals surface area (Å²) in [4.78, 5) is 0.133. The summed E-state index contributed by atoms with van der Waals surface area (Å²) in [5, 5.41) is 2.13. The molecule has 2 rings (SSSR count). The first-order valence-corrected chi connectivity index (χ1v) is 8.35. The molecule has 1 atom stereocenters. The lowest BCUT2D eigenvalue weighted by Crippen LogP contribution is -1.87. The number of rotatable bonds is 2. The minimum atomic E-state index is 0.133. The zero-order chi connectivity index (χ0) is 11.0. The van der Waals surface area contributed by atoms with Gasteiger partial charge in [-0.05, 0) is 45.7 Å². The van der Waals surface area contributed by atoms with Crippen LogP contribution in [-0.2, 0) is 0 Å². The largest absolute Gasteiger partial charge is 0.137 e. The Balaban J connectivity index is 2.35. The van der Waals surface area contributed by atoms with E-state index < -0.39 is 0 Å². The molecule has 0 bridgehead atoms. The van der Waals surface area contributed by atoms with Crippen molar-refractivity contribution in [3.63, 3.8) is 0 Å². The predicted molar refractivity (Wildman–Crippen MR) is 82.1 cm³/mol. The zero-order valence-corrected chi connectivity index (χ0v) is 14.0. The summed E-state index contributed by atoms with van der Waals surface area (Å²) in [5.41, 5.74) is 2.27. The minimum absolute atomic E-state index is 0.133. The third kappa shape index (κ3) is 2.90. The highest BCUT2D eigenvalue weighted by Crippen LogP contribution is 2.42. The van der Waals surface area contributed by atoms with Crippen molar-refractivity contribution in [3.8, 4) is 0 Å². The molecule has 80 valence electrons. The quantitative estimate of drug-likeness (QED) is 0.375. The van der Waals surface area contributed by atoms with E-state index in [1.807, 2.05) is 6.07 Å². The standard InChI is InChI=1S/C9H4BrCl2IS2/c10-8(4-1-7(13)14-3-4)5-2-6(11)15-9(5)12/h1-3,8H. The first-order chi connectivity index (χ1) is 7.08. The first kappa shape index (κ1) is 12.6. The van der Waals surface area contributed by atoms with Gasteiger partial charge in [-0.25, -0.2) is 0 Å². The molecule has 0 aliphatic carbocycles. The highest BCUT2D eigenvalue weighted by atomic mass is 127. The van der Waals surface area contributed by atoms with Crippen LogP contribution in [0.5, 0.6) is 0 Å². The van der Waals surface area contributed by atoms with Gasteiger partial charge in [0.25, 0.3) is 0 Å². The minimum Gasteiger partial charge on any atom is -0.137 e. The average Bonchev–Trinajstić information content (AvgIpc) is 2.71. The van der Waals surface area contributed by atoms with Crippen molar-refractivity contribution < 1.29 is 0 Å². The maximum Gasteiger partial charge on any atom is 0.0990 e. The van der Waals surface area contributed by atoms with E-state index in [9.17, 15) is 0 Å². The van der Waals surface area contributed by atoms with Gasteiger partial charge < -0.3 is 0 Å². The van der Waals surface area contributed by atoms with Gasteiger partial charge >= 0.3 is 0 Å². The smallest absolute Gasteiger partial charge is 0.0990 e. The second-order valence-corrected chi connectivity index (χ2v) is 8.83. The van der Waals surface area contributed by atoms with Crippen LogP contribution < -0.4 is 0 Å². The van der Waals surface area contributed by atoms with Crippen LogP contribution in [0.15, 0.2) is 17.5 Å². The van der Waals surface area contributed by atoms with E-state index in [4.69, 9.17) is 23.2 Å². The van der Waals surface area contributed by atoms with E-state index in [0.717, 1.165) is 14.2 Å². The second kappa shape index (κ2) is 5.23. The molecule has 2 aromatic rings. The normalized spacial score (nSPS) is 13.1. The summed E-state index contributed by atoms with van der Waals surface area (Å²) < 4.78 is 2.75. The maximum atomic E-state index is 6.10. The predicted octanol–water partition coefficient (Wildman–Crippen LogP) is 6.21. The number of alkyl halides is 1. The fraction of sp³-hybridized carbons (Fsp3) is 0.111. The van der Waals surface area contributed by atoms with Crippen molar-refractivity contribution in [2.75, 3.05) is 0 Å². The van der Waals surface area contributed by atoms with E-state index in [1.165, 1.54) is 19.8 Å². The van der Waals surface area contributed by atoms with Crippen molar-refractivity contribution in [1.82, 2.24) is 0 Å². The Morgan fingerprint density at radius 1 is 1.33 bits per heavy atom. The average molecular weight is 454 g/mol. The van der Waals surface area contributed by atoms with Crippen LogP contribution in [0, 0.1) is 2.88 Å². The molecule has 0 saturated heterocycles. The summed E-state index contributed by atoms with van der Waals surface area (Å²) >= 11 is 21.1. The Morgan fingerprint density at radius 3 is 2.53 bits per heavy atom. The van der Waals surface area contributed by atoms with Gasteiger partial charge in [0.1, 0.15) is 0 Å². The van der Waals surface area contributed by atoms with Gasteiger partial charge in [-0.3, -0.25) is 0 Å².